The first kappa shape index (κ1) is 31.3. The van der Waals surface area contributed by atoms with E-state index in [1.54, 1.807) is 24.3 Å². The molecule has 8 nitrogen and oxygen atoms in total. The summed E-state index contributed by atoms with van der Waals surface area (Å²) in [6, 6.07) is 27.5. The van der Waals surface area contributed by atoms with Crippen LogP contribution >= 0.6 is 39.1 Å². The molecule has 1 aliphatic heterocycles. The molecule has 1 heterocycles. The largest absolute Gasteiger partial charge is 0.454 e. The van der Waals surface area contributed by atoms with Crippen molar-refractivity contribution in [3.05, 3.63) is 135 Å². The summed E-state index contributed by atoms with van der Waals surface area (Å²) < 4.78 is 5.98. The number of likely N-dealkylation sites (tertiary alicyclic amines) is 1. The van der Waals surface area contributed by atoms with Crippen LogP contribution in [0.25, 0.3) is 0 Å². The van der Waals surface area contributed by atoms with Crippen molar-refractivity contribution in [1.29, 1.82) is 0 Å². The quantitative estimate of drug-likeness (QED) is 0.0972. The number of ether oxygens (including phenoxy) is 1. The van der Waals surface area contributed by atoms with Crippen LogP contribution in [-0.4, -0.2) is 47.5 Å². The van der Waals surface area contributed by atoms with Gasteiger partial charge in [-0.05, 0) is 58.7 Å². The molecule has 4 aromatic carbocycles. The van der Waals surface area contributed by atoms with Gasteiger partial charge in [-0.25, -0.2) is 4.79 Å². The molecular formula is C36H25BrCl2N2O6. The molecule has 0 unspecified atom stereocenters. The summed E-state index contributed by atoms with van der Waals surface area (Å²) in [4.78, 5) is 64.1. The molecule has 0 aromatic heterocycles. The van der Waals surface area contributed by atoms with Crippen molar-refractivity contribution in [2.75, 3.05) is 18.5 Å². The Kier molecular flexibility index (Phi) is 7.82. The fourth-order valence-electron chi connectivity index (χ4n) is 7.01. The minimum Gasteiger partial charge on any atom is -0.454 e. The van der Waals surface area contributed by atoms with E-state index in [2.05, 4.69) is 21.2 Å². The van der Waals surface area contributed by atoms with Crippen LogP contribution in [0.3, 0.4) is 0 Å². The molecule has 3 amide bonds. The highest BCUT2D eigenvalue weighted by Crippen LogP contribution is 2.69. The summed E-state index contributed by atoms with van der Waals surface area (Å²) in [5.41, 5.74) is 3.85. The van der Waals surface area contributed by atoms with Crippen molar-refractivity contribution in [2.45, 2.75) is 16.2 Å². The molecule has 1 fully saturated rings. The van der Waals surface area contributed by atoms with Gasteiger partial charge in [0.1, 0.15) is 9.75 Å². The number of ketones is 1. The van der Waals surface area contributed by atoms with Crippen LogP contribution in [0.4, 0.5) is 5.69 Å². The Hall–Kier alpha value is -4.31. The molecule has 8 rings (SSSR count). The number of carbonyl (C=O) groups excluding carboxylic acids is 5. The van der Waals surface area contributed by atoms with Crippen molar-refractivity contribution in [1.82, 2.24) is 4.90 Å². The lowest BCUT2D eigenvalue weighted by Crippen LogP contribution is -2.57. The molecule has 11 heteroatoms. The van der Waals surface area contributed by atoms with Crippen molar-refractivity contribution >= 4 is 74.3 Å². The fourth-order valence-corrected chi connectivity index (χ4v) is 8.37. The first-order valence-electron chi connectivity index (χ1n) is 14.8. The number of nitrogens with one attached hydrogen (secondary N) is 1. The predicted octanol–water partition coefficient (Wildman–Crippen LogP) is 6.41. The van der Waals surface area contributed by atoms with Crippen LogP contribution in [0.1, 0.15) is 49.4 Å². The first-order chi connectivity index (χ1) is 22.5. The number of amides is 3. The molecule has 2 atom stereocenters. The Morgan fingerprint density at radius 3 is 1.68 bits per heavy atom. The van der Waals surface area contributed by atoms with Gasteiger partial charge in [0.15, 0.2) is 12.4 Å². The van der Waals surface area contributed by atoms with E-state index in [9.17, 15) is 24.0 Å². The second-order valence-electron chi connectivity index (χ2n) is 11.7. The van der Waals surface area contributed by atoms with E-state index in [1.165, 1.54) is 24.3 Å². The number of halogens is 3. The highest BCUT2D eigenvalue weighted by atomic mass is 79.9. The number of esters is 1. The van der Waals surface area contributed by atoms with E-state index in [0.717, 1.165) is 9.37 Å². The summed E-state index contributed by atoms with van der Waals surface area (Å²) in [6.45, 7) is -0.567. The van der Waals surface area contributed by atoms with Crippen molar-refractivity contribution in [3.8, 4) is 0 Å². The Labute approximate surface area is 288 Å². The number of Topliss-reactive ketones (excluding diaryl/α,β-unsaturated/α-hetero) is 1. The fraction of sp³-hybridized carbons (Fsp3) is 0.194. The molecule has 0 radical (unpaired) electrons. The zero-order valence-corrected chi connectivity index (χ0v) is 27.6. The van der Waals surface area contributed by atoms with Gasteiger partial charge in [0.05, 0.1) is 17.4 Å². The number of hydrogen-bond acceptors (Lipinski definition) is 6. The molecule has 47 heavy (non-hydrogen) atoms. The van der Waals surface area contributed by atoms with Gasteiger partial charge in [-0.1, -0.05) is 76.6 Å². The number of carbonyl (C=O) groups is 5. The van der Waals surface area contributed by atoms with Crippen LogP contribution in [0.2, 0.25) is 0 Å². The molecule has 0 spiro atoms. The molecule has 1 saturated heterocycles. The maximum Gasteiger partial charge on any atom is 0.338 e. The zero-order valence-electron chi connectivity index (χ0n) is 24.5. The average molecular weight is 732 g/mol. The number of hydrogen-bond donors (Lipinski definition) is 1. The number of nitrogens with zero attached hydrogens (tertiary/aromatic N) is 1. The summed E-state index contributed by atoms with van der Waals surface area (Å²) in [7, 11) is 0. The summed E-state index contributed by atoms with van der Waals surface area (Å²) >= 11 is 18.2. The molecular weight excluding hydrogens is 707 g/mol. The number of rotatable bonds is 8. The number of anilines is 1. The summed E-state index contributed by atoms with van der Waals surface area (Å²) in [5, 5.41) is 2.72. The van der Waals surface area contributed by atoms with E-state index < -0.39 is 51.9 Å². The van der Waals surface area contributed by atoms with Crippen molar-refractivity contribution < 1.29 is 28.7 Å². The topological polar surface area (TPSA) is 110 Å². The maximum absolute atomic E-state index is 13.9. The van der Waals surface area contributed by atoms with Crippen LogP contribution in [-0.2, 0) is 28.9 Å². The van der Waals surface area contributed by atoms with Crippen molar-refractivity contribution in [2.24, 2.45) is 11.8 Å². The van der Waals surface area contributed by atoms with E-state index in [4.69, 9.17) is 27.9 Å². The number of benzene rings is 4. The predicted molar refractivity (Wildman–Crippen MR) is 178 cm³/mol. The van der Waals surface area contributed by atoms with Crippen LogP contribution < -0.4 is 5.32 Å². The minimum absolute atomic E-state index is 0.153. The first-order valence-corrected chi connectivity index (χ1v) is 16.4. The summed E-state index contributed by atoms with van der Waals surface area (Å²) in [5.74, 6) is -4.25. The molecule has 3 aliphatic carbocycles. The van der Waals surface area contributed by atoms with Gasteiger partial charge in [-0.2, -0.15) is 0 Å². The molecule has 4 aliphatic rings. The number of alkyl halides is 2. The van der Waals surface area contributed by atoms with E-state index in [1.807, 2.05) is 48.5 Å². The smallest absolute Gasteiger partial charge is 0.338 e. The minimum atomic E-state index is -1.28. The van der Waals surface area contributed by atoms with Gasteiger partial charge >= 0.3 is 5.97 Å². The molecule has 0 saturated carbocycles. The van der Waals surface area contributed by atoms with Gasteiger partial charge in [0, 0.05) is 28.7 Å². The van der Waals surface area contributed by atoms with Gasteiger partial charge in [0.2, 0.25) is 17.7 Å². The van der Waals surface area contributed by atoms with Crippen LogP contribution in [0.5, 0.6) is 0 Å². The highest BCUT2D eigenvalue weighted by molar-refractivity contribution is 9.10. The Morgan fingerprint density at radius 2 is 1.19 bits per heavy atom. The third-order valence-electron chi connectivity index (χ3n) is 9.14. The molecule has 236 valence electrons. The van der Waals surface area contributed by atoms with E-state index in [-0.39, 0.29) is 24.3 Å². The standard InChI is InChI=1S/C36H25BrCl2N2O6/c37-22-13-9-20(10-14-22)28(42)19-47-34(46)21-11-15-23(16-12-21)40-29(43)17-18-41-32(44)30-31(33(41)45)36(39)25-6-2-1-5-24(25)35(30,38)26-7-3-4-8-27(26)36/h1-16,30-31H,17-19H2,(H,40,43)/t30-,31+,35?,36?. The average Bonchev–Trinajstić information content (AvgIpc) is 3.35. The van der Waals surface area contributed by atoms with E-state index in [0.29, 0.717) is 33.5 Å². The molecule has 1 N–H and O–H groups in total. The third-order valence-corrected chi connectivity index (χ3v) is 11.0. The number of imide groups is 1. The lowest BCUT2D eigenvalue weighted by Gasteiger charge is -2.54. The van der Waals surface area contributed by atoms with E-state index >= 15 is 0 Å². The normalized spacial score (nSPS) is 23.5. The monoisotopic (exact) mass is 730 g/mol. The maximum atomic E-state index is 13.9. The Balaban J connectivity index is 1.00. The third kappa shape index (κ3) is 4.91. The Bertz CT molecular complexity index is 1860. The van der Waals surface area contributed by atoms with Gasteiger partial charge in [0.25, 0.3) is 0 Å². The van der Waals surface area contributed by atoms with Crippen LogP contribution in [0.15, 0.2) is 102 Å². The highest BCUT2D eigenvalue weighted by Gasteiger charge is 2.72. The zero-order chi connectivity index (χ0) is 33.1. The second-order valence-corrected chi connectivity index (χ2v) is 13.8. The van der Waals surface area contributed by atoms with Crippen molar-refractivity contribution in [3.63, 3.8) is 0 Å². The Morgan fingerprint density at radius 1 is 0.723 bits per heavy atom. The molecule has 4 aromatic rings. The summed E-state index contributed by atoms with van der Waals surface area (Å²) in [6.07, 6.45) is -0.163. The second kappa shape index (κ2) is 11.7. The van der Waals surface area contributed by atoms with Crippen LogP contribution in [0, 0.1) is 11.8 Å². The lowest BCUT2D eigenvalue weighted by atomic mass is 9.54. The molecule has 2 bridgehead atoms. The van der Waals surface area contributed by atoms with Gasteiger partial charge in [-0.3, -0.25) is 24.1 Å². The van der Waals surface area contributed by atoms with Gasteiger partial charge < -0.3 is 10.1 Å². The van der Waals surface area contributed by atoms with Gasteiger partial charge in [-0.15, -0.1) is 23.2 Å². The lowest BCUT2D eigenvalue weighted by molar-refractivity contribution is -0.140. The SMILES string of the molecule is O=C(CCN1C(=O)[C@@H]2[C@H](C1=O)C1(Cl)c3ccccc3C2(Cl)c2ccccc21)Nc1ccc(C(=O)OCC(=O)c2ccc(Br)cc2)cc1.